The molecule has 0 rings (SSSR count). The van der Waals surface area contributed by atoms with Gasteiger partial charge < -0.3 is 4.74 Å². The molecule has 3 nitrogen and oxygen atoms in total. The number of esters is 1. The van der Waals surface area contributed by atoms with Crippen molar-refractivity contribution in [3.05, 3.63) is 12.2 Å². The van der Waals surface area contributed by atoms with Crippen LogP contribution in [0.25, 0.3) is 0 Å². The number of ketones is 1. The minimum atomic E-state index is -0.741. The summed E-state index contributed by atoms with van der Waals surface area (Å²) < 4.78 is 4.37. The van der Waals surface area contributed by atoms with E-state index in [-0.39, 0.29) is 12.3 Å². The van der Waals surface area contributed by atoms with Gasteiger partial charge >= 0.3 is 5.97 Å². The number of methoxy groups -OCH3 is 1. The predicted octanol–water partition coefficient (Wildman–Crippen LogP) is 2.75. The number of carbonyl (C=O) groups excluding carboxylic acids is 2. The average Bonchev–Trinajstić information content (AvgIpc) is 2.24. The molecule has 92 valence electrons. The van der Waals surface area contributed by atoms with Crippen LogP contribution in [0, 0.1) is 11.8 Å². The Kier molecular flexibility index (Phi) is 6.70. The molecule has 0 fully saturated rings. The molecule has 16 heavy (non-hydrogen) atoms. The van der Waals surface area contributed by atoms with E-state index in [9.17, 15) is 9.59 Å². The van der Waals surface area contributed by atoms with Crippen LogP contribution in [-0.2, 0) is 14.3 Å². The molecule has 0 saturated heterocycles. The van der Waals surface area contributed by atoms with Crippen LogP contribution in [0.2, 0.25) is 0 Å². The van der Waals surface area contributed by atoms with Crippen LogP contribution in [0.15, 0.2) is 12.2 Å². The largest absolute Gasteiger partial charge is 0.463 e. The monoisotopic (exact) mass is 226 g/mol. The molecule has 0 heterocycles. The second-order valence-electron chi connectivity index (χ2n) is 4.58. The van der Waals surface area contributed by atoms with E-state index >= 15 is 0 Å². The van der Waals surface area contributed by atoms with Crippen molar-refractivity contribution >= 4 is 11.8 Å². The summed E-state index contributed by atoms with van der Waals surface area (Å²) in [6, 6.07) is 0. The molecule has 3 heteroatoms. The van der Waals surface area contributed by atoms with Crippen LogP contribution < -0.4 is 0 Å². The number of allylic oxidation sites excluding steroid dienone is 1. The molecule has 0 aromatic rings. The summed E-state index contributed by atoms with van der Waals surface area (Å²) in [5.74, 6) is -0.509. The number of Topliss-reactive ketones (excluding diaryl/α,β-unsaturated/α-hetero) is 1. The van der Waals surface area contributed by atoms with Crippen molar-refractivity contribution in [2.75, 3.05) is 7.11 Å². The van der Waals surface area contributed by atoms with Crippen molar-refractivity contribution in [3.63, 3.8) is 0 Å². The Labute approximate surface area is 97.9 Å². The van der Waals surface area contributed by atoms with Crippen molar-refractivity contribution in [2.45, 2.75) is 40.0 Å². The van der Waals surface area contributed by atoms with Gasteiger partial charge in [0.05, 0.1) is 7.11 Å². The van der Waals surface area contributed by atoms with Crippen LogP contribution in [0.4, 0.5) is 0 Å². The van der Waals surface area contributed by atoms with Crippen molar-refractivity contribution in [1.29, 1.82) is 0 Å². The summed E-state index contributed by atoms with van der Waals surface area (Å²) in [6.07, 6.45) is 2.06. The number of carbonyl (C=O) groups is 2. The predicted molar refractivity (Wildman–Crippen MR) is 64.0 cm³/mol. The lowest BCUT2D eigenvalue weighted by Gasteiger charge is -2.13. The van der Waals surface area contributed by atoms with Gasteiger partial charge in [-0.3, -0.25) is 4.79 Å². The van der Waals surface area contributed by atoms with Crippen molar-refractivity contribution in [3.8, 4) is 0 Å². The molecule has 0 N–H and O–H groups in total. The van der Waals surface area contributed by atoms with Crippen molar-refractivity contribution < 1.29 is 14.3 Å². The molecule has 0 aromatic heterocycles. The topological polar surface area (TPSA) is 43.4 Å². The fourth-order valence-corrected chi connectivity index (χ4v) is 1.34. The van der Waals surface area contributed by atoms with Gasteiger partial charge in [-0.1, -0.05) is 32.9 Å². The number of hydrogen-bond acceptors (Lipinski definition) is 3. The van der Waals surface area contributed by atoms with Crippen LogP contribution in [0.3, 0.4) is 0 Å². The third-order valence-electron chi connectivity index (χ3n) is 2.72. The standard InChI is InChI=1S/C13H22O3/c1-9(2)11(4)7-6-10(3)8-12(14)13(15)16-5/h9-10H,4,6-8H2,1-3,5H3/t10-/m1/s1. The van der Waals surface area contributed by atoms with E-state index in [0.29, 0.717) is 5.92 Å². The molecule has 1 atom stereocenters. The van der Waals surface area contributed by atoms with E-state index < -0.39 is 11.8 Å². The van der Waals surface area contributed by atoms with Crippen LogP contribution in [-0.4, -0.2) is 18.9 Å². The first-order valence-electron chi connectivity index (χ1n) is 5.67. The summed E-state index contributed by atoms with van der Waals surface area (Å²) in [5.41, 5.74) is 1.19. The van der Waals surface area contributed by atoms with Crippen LogP contribution in [0.1, 0.15) is 40.0 Å². The quantitative estimate of drug-likeness (QED) is 0.381. The highest BCUT2D eigenvalue weighted by Crippen LogP contribution is 2.19. The molecule has 0 saturated carbocycles. The Hall–Kier alpha value is -1.12. The summed E-state index contributed by atoms with van der Waals surface area (Å²) in [5, 5.41) is 0. The molecule has 0 bridgehead atoms. The molecule has 0 aliphatic carbocycles. The highest BCUT2D eigenvalue weighted by Gasteiger charge is 2.17. The zero-order valence-electron chi connectivity index (χ0n) is 10.7. The molecule has 0 aliphatic rings. The molecule has 0 unspecified atom stereocenters. The van der Waals surface area contributed by atoms with Gasteiger partial charge in [-0.05, 0) is 24.7 Å². The number of hydrogen-bond donors (Lipinski definition) is 0. The summed E-state index contributed by atoms with van der Waals surface area (Å²) in [7, 11) is 1.23. The van der Waals surface area contributed by atoms with Gasteiger partial charge in [-0.2, -0.15) is 0 Å². The maximum atomic E-state index is 11.3. The van der Waals surface area contributed by atoms with E-state index in [1.807, 2.05) is 6.92 Å². The van der Waals surface area contributed by atoms with Crippen molar-refractivity contribution in [1.82, 2.24) is 0 Å². The molecule has 0 amide bonds. The van der Waals surface area contributed by atoms with Crippen molar-refractivity contribution in [2.24, 2.45) is 11.8 Å². The number of ether oxygens (including phenoxy) is 1. The lowest BCUT2D eigenvalue weighted by molar-refractivity contribution is -0.152. The van der Waals surface area contributed by atoms with E-state index in [1.165, 1.54) is 12.7 Å². The Morgan fingerprint density at radius 1 is 1.25 bits per heavy atom. The Balaban J connectivity index is 3.91. The lowest BCUT2D eigenvalue weighted by atomic mass is 9.93. The molecule has 0 aliphatic heterocycles. The second kappa shape index (κ2) is 7.20. The molecule has 0 aromatic carbocycles. The average molecular weight is 226 g/mol. The van der Waals surface area contributed by atoms with E-state index in [0.717, 1.165) is 12.8 Å². The highest BCUT2D eigenvalue weighted by atomic mass is 16.5. The minimum Gasteiger partial charge on any atom is -0.463 e. The first-order valence-corrected chi connectivity index (χ1v) is 5.67. The summed E-state index contributed by atoms with van der Waals surface area (Å²) in [6.45, 7) is 10.2. The minimum absolute atomic E-state index is 0.196. The van der Waals surface area contributed by atoms with Gasteiger partial charge in [0.1, 0.15) is 0 Å². The first kappa shape index (κ1) is 14.9. The first-order chi connectivity index (χ1) is 7.38. The van der Waals surface area contributed by atoms with Gasteiger partial charge in [0.15, 0.2) is 0 Å². The maximum Gasteiger partial charge on any atom is 0.374 e. The lowest BCUT2D eigenvalue weighted by Crippen LogP contribution is -2.18. The van der Waals surface area contributed by atoms with Gasteiger partial charge in [0, 0.05) is 6.42 Å². The summed E-state index contributed by atoms with van der Waals surface area (Å²) in [4.78, 5) is 22.2. The fourth-order valence-electron chi connectivity index (χ4n) is 1.34. The van der Waals surface area contributed by atoms with Crippen LogP contribution in [0.5, 0.6) is 0 Å². The van der Waals surface area contributed by atoms with Gasteiger partial charge in [-0.15, -0.1) is 0 Å². The SMILES string of the molecule is C=C(CC[C@@H](C)CC(=O)C(=O)OC)C(C)C. The third kappa shape index (κ3) is 5.69. The van der Waals surface area contributed by atoms with E-state index in [4.69, 9.17) is 0 Å². The Bertz CT molecular complexity index is 266. The third-order valence-corrected chi connectivity index (χ3v) is 2.72. The molecular weight excluding hydrogens is 204 g/mol. The normalized spacial score (nSPS) is 12.3. The molecule has 0 spiro atoms. The van der Waals surface area contributed by atoms with Gasteiger partial charge in [-0.25, -0.2) is 4.79 Å². The molecule has 0 radical (unpaired) electrons. The summed E-state index contributed by atoms with van der Waals surface area (Å²) >= 11 is 0. The number of rotatable bonds is 7. The van der Waals surface area contributed by atoms with E-state index in [1.54, 1.807) is 0 Å². The maximum absolute atomic E-state index is 11.3. The Morgan fingerprint density at radius 3 is 2.25 bits per heavy atom. The zero-order chi connectivity index (χ0) is 12.7. The smallest absolute Gasteiger partial charge is 0.374 e. The van der Waals surface area contributed by atoms with Gasteiger partial charge in [0.25, 0.3) is 0 Å². The van der Waals surface area contributed by atoms with E-state index in [2.05, 4.69) is 25.2 Å². The van der Waals surface area contributed by atoms with Gasteiger partial charge in [0.2, 0.25) is 5.78 Å². The molecular formula is C13H22O3. The second-order valence-corrected chi connectivity index (χ2v) is 4.58. The Morgan fingerprint density at radius 2 is 1.81 bits per heavy atom. The zero-order valence-corrected chi connectivity index (χ0v) is 10.7. The van der Waals surface area contributed by atoms with Crippen LogP contribution >= 0.6 is 0 Å². The fraction of sp³-hybridized carbons (Fsp3) is 0.692. The highest BCUT2D eigenvalue weighted by molar-refractivity contribution is 6.33.